The second-order valence-electron chi connectivity index (χ2n) is 6.80. The third-order valence-electron chi connectivity index (χ3n) is 4.99. The van der Waals surface area contributed by atoms with Gasteiger partial charge in [0.15, 0.2) is 0 Å². The van der Waals surface area contributed by atoms with Gasteiger partial charge < -0.3 is 4.90 Å². The lowest BCUT2D eigenvalue weighted by molar-refractivity contribution is 0.0521. The zero-order valence-corrected chi connectivity index (χ0v) is 14.3. The Kier molecular flexibility index (Phi) is 4.62. The van der Waals surface area contributed by atoms with Gasteiger partial charge in [0.1, 0.15) is 0 Å². The number of hydrogen-bond donors (Lipinski definition) is 1. The first-order valence-corrected chi connectivity index (χ1v) is 10.2. The molecule has 1 saturated heterocycles. The predicted octanol–water partition coefficient (Wildman–Crippen LogP) is 2.71. The van der Waals surface area contributed by atoms with Crippen molar-refractivity contribution >= 4 is 21.6 Å². The number of likely N-dealkylation sites (tertiary alicyclic amines) is 1. The van der Waals surface area contributed by atoms with Gasteiger partial charge in [-0.05, 0) is 42.9 Å². The van der Waals surface area contributed by atoms with Crippen molar-refractivity contribution in [1.29, 1.82) is 0 Å². The lowest BCUT2D eigenvalue weighted by Crippen LogP contribution is -2.44. The van der Waals surface area contributed by atoms with Crippen LogP contribution >= 0.6 is 0 Å². The van der Waals surface area contributed by atoms with E-state index in [9.17, 15) is 13.2 Å². The summed E-state index contributed by atoms with van der Waals surface area (Å²) in [7, 11) is -3.34. The number of benzene rings is 1. The molecule has 1 aromatic rings. The maximum Gasteiger partial charge on any atom is 0.253 e. The zero-order valence-electron chi connectivity index (χ0n) is 13.5. The van der Waals surface area contributed by atoms with E-state index in [0.717, 1.165) is 31.7 Å². The van der Waals surface area contributed by atoms with Gasteiger partial charge in [-0.15, -0.1) is 0 Å². The third kappa shape index (κ3) is 4.05. The van der Waals surface area contributed by atoms with Gasteiger partial charge in [-0.25, -0.2) is 8.42 Å². The number of nitrogens with one attached hydrogen (secondary N) is 1. The average molecular weight is 336 g/mol. The van der Waals surface area contributed by atoms with Crippen molar-refractivity contribution in [3.8, 4) is 0 Å². The topological polar surface area (TPSA) is 66.5 Å². The Balaban J connectivity index is 1.71. The van der Waals surface area contributed by atoms with Gasteiger partial charge in [-0.2, -0.15) is 0 Å². The molecule has 3 rings (SSSR count). The molecule has 6 heteroatoms. The first kappa shape index (κ1) is 16.3. The Hall–Kier alpha value is -1.56. The summed E-state index contributed by atoms with van der Waals surface area (Å²) in [6.45, 7) is 1.65. The van der Waals surface area contributed by atoms with Gasteiger partial charge in [0, 0.05) is 24.3 Å². The maximum absolute atomic E-state index is 12.7. The first-order valence-electron chi connectivity index (χ1n) is 8.29. The van der Waals surface area contributed by atoms with Gasteiger partial charge in [0.2, 0.25) is 10.0 Å². The van der Waals surface area contributed by atoms with Crippen LogP contribution in [0.15, 0.2) is 24.3 Å². The molecular weight excluding hydrogens is 312 g/mol. The molecule has 1 amide bonds. The van der Waals surface area contributed by atoms with E-state index in [1.807, 2.05) is 4.90 Å². The molecule has 0 aromatic heterocycles. The first-order chi connectivity index (χ1) is 10.9. The van der Waals surface area contributed by atoms with E-state index in [4.69, 9.17) is 0 Å². The van der Waals surface area contributed by atoms with E-state index in [1.54, 1.807) is 24.3 Å². The van der Waals surface area contributed by atoms with Crippen LogP contribution in [0.25, 0.3) is 0 Å². The molecule has 1 aromatic carbocycles. The number of carbonyl (C=O) groups excluding carboxylic acids is 1. The van der Waals surface area contributed by atoms with Crippen molar-refractivity contribution in [1.82, 2.24) is 4.90 Å². The zero-order chi connectivity index (χ0) is 16.4. The Morgan fingerprint density at radius 2 is 1.91 bits per heavy atom. The maximum atomic E-state index is 12.7. The van der Waals surface area contributed by atoms with E-state index in [2.05, 4.69) is 4.72 Å². The number of sulfonamides is 1. The highest BCUT2D eigenvalue weighted by atomic mass is 32.2. The van der Waals surface area contributed by atoms with Crippen LogP contribution in [-0.4, -0.2) is 38.6 Å². The Morgan fingerprint density at radius 1 is 1.17 bits per heavy atom. The molecule has 0 bridgehead atoms. The predicted molar refractivity (Wildman–Crippen MR) is 90.9 cm³/mol. The van der Waals surface area contributed by atoms with Crippen LogP contribution in [0.3, 0.4) is 0 Å². The Labute approximate surface area is 138 Å². The molecule has 126 valence electrons. The normalized spacial score (nSPS) is 24.8. The molecular formula is C17H24N2O3S. The van der Waals surface area contributed by atoms with Crippen molar-refractivity contribution in [2.45, 2.75) is 32.1 Å². The number of nitrogens with zero attached hydrogens (tertiary/aromatic N) is 1. The summed E-state index contributed by atoms with van der Waals surface area (Å²) in [5.41, 5.74) is 0.985. The molecule has 1 aliphatic heterocycles. The number of carbonyl (C=O) groups is 1. The SMILES string of the molecule is CS(=O)(=O)Nc1cccc(C(=O)N2CCC3CCCCC3C2)c1. The lowest BCUT2D eigenvalue weighted by Gasteiger charge is -2.41. The van der Waals surface area contributed by atoms with E-state index in [-0.39, 0.29) is 5.91 Å². The number of hydrogen-bond acceptors (Lipinski definition) is 3. The molecule has 2 fully saturated rings. The fourth-order valence-electron chi connectivity index (χ4n) is 3.90. The molecule has 1 heterocycles. The van der Waals surface area contributed by atoms with Crippen LogP contribution in [0.4, 0.5) is 5.69 Å². The van der Waals surface area contributed by atoms with Crippen LogP contribution in [0.1, 0.15) is 42.5 Å². The fourth-order valence-corrected chi connectivity index (χ4v) is 4.45. The molecule has 23 heavy (non-hydrogen) atoms. The van der Waals surface area contributed by atoms with Gasteiger partial charge in [-0.3, -0.25) is 9.52 Å². The molecule has 0 radical (unpaired) electrons. The minimum Gasteiger partial charge on any atom is -0.338 e. The smallest absolute Gasteiger partial charge is 0.253 e. The molecule has 5 nitrogen and oxygen atoms in total. The summed E-state index contributed by atoms with van der Waals surface area (Å²) in [6, 6.07) is 6.75. The number of amides is 1. The highest BCUT2D eigenvalue weighted by Crippen LogP contribution is 2.36. The fraction of sp³-hybridized carbons (Fsp3) is 0.588. The lowest BCUT2D eigenvalue weighted by atomic mass is 9.75. The summed E-state index contributed by atoms with van der Waals surface area (Å²) in [6.07, 6.45) is 7.34. The third-order valence-corrected chi connectivity index (χ3v) is 5.60. The average Bonchev–Trinajstić information content (AvgIpc) is 2.52. The van der Waals surface area contributed by atoms with Gasteiger partial charge in [0.05, 0.1) is 6.26 Å². The van der Waals surface area contributed by atoms with Crippen molar-refractivity contribution in [3.05, 3.63) is 29.8 Å². The van der Waals surface area contributed by atoms with E-state index in [0.29, 0.717) is 17.2 Å². The quantitative estimate of drug-likeness (QED) is 0.923. The Morgan fingerprint density at radius 3 is 2.65 bits per heavy atom. The number of piperidine rings is 1. The summed E-state index contributed by atoms with van der Waals surface area (Å²) in [4.78, 5) is 14.7. The Bertz CT molecular complexity index is 687. The summed E-state index contributed by atoms with van der Waals surface area (Å²) < 4.78 is 25.1. The summed E-state index contributed by atoms with van der Waals surface area (Å²) in [5.74, 6) is 1.43. The van der Waals surface area contributed by atoms with Crippen LogP contribution in [0, 0.1) is 11.8 Å². The highest BCUT2D eigenvalue weighted by Gasteiger charge is 2.33. The van der Waals surface area contributed by atoms with E-state index in [1.165, 1.54) is 25.7 Å². The van der Waals surface area contributed by atoms with Crippen molar-refractivity contribution in [2.24, 2.45) is 11.8 Å². The highest BCUT2D eigenvalue weighted by molar-refractivity contribution is 7.92. The second-order valence-corrected chi connectivity index (χ2v) is 8.55. The summed E-state index contributed by atoms with van der Waals surface area (Å²) >= 11 is 0. The minimum absolute atomic E-state index is 0.00572. The summed E-state index contributed by atoms with van der Waals surface area (Å²) in [5, 5.41) is 0. The molecule has 1 N–H and O–H groups in total. The standard InChI is InChI=1S/C17H24N2O3S/c1-23(21,22)18-16-8-4-7-14(11-16)17(20)19-10-9-13-5-2-3-6-15(13)12-19/h4,7-8,11,13,15,18H,2-3,5-6,9-10,12H2,1H3. The number of anilines is 1. The van der Waals surface area contributed by atoms with Gasteiger partial charge in [-0.1, -0.05) is 25.3 Å². The van der Waals surface area contributed by atoms with Crippen LogP contribution in [-0.2, 0) is 10.0 Å². The van der Waals surface area contributed by atoms with Gasteiger partial charge >= 0.3 is 0 Å². The molecule has 2 atom stereocenters. The van der Waals surface area contributed by atoms with Crippen LogP contribution in [0.2, 0.25) is 0 Å². The molecule has 0 spiro atoms. The monoisotopic (exact) mass is 336 g/mol. The van der Waals surface area contributed by atoms with E-state index >= 15 is 0 Å². The van der Waals surface area contributed by atoms with Gasteiger partial charge in [0.25, 0.3) is 5.91 Å². The molecule has 1 saturated carbocycles. The van der Waals surface area contributed by atoms with Crippen LogP contribution < -0.4 is 4.72 Å². The minimum atomic E-state index is -3.34. The van der Waals surface area contributed by atoms with Crippen molar-refractivity contribution in [2.75, 3.05) is 24.1 Å². The van der Waals surface area contributed by atoms with E-state index < -0.39 is 10.0 Å². The van der Waals surface area contributed by atoms with Crippen molar-refractivity contribution in [3.63, 3.8) is 0 Å². The van der Waals surface area contributed by atoms with Crippen LogP contribution in [0.5, 0.6) is 0 Å². The second kappa shape index (κ2) is 6.51. The molecule has 2 aliphatic rings. The number of fused-ring (bicyclic) bond motifs is 1. The van der Waals surface area contributed by atoms with Crippen molar-refractivity contribution < 1.29 is 13.2 Å². The largest absolute Gasteiger partial charge is 0.338 e. The molecule has 2 unspecified atom stereocenters. The number of rotatable bonds is 3. The molecule has 1 aliphatic carbocycles.